The highest BCUT2D eigenvalue weighted by atomic mass is 35.5. The second-order valence-electron chi connectivity index (χ2n) is 3.21. The molecule has 0 aromatic rings. The van der Waals surface area contributed by atoms with Crippen molar-refractivity contribution in [3.05, 3.63) is 0 Å². The average molecular weight is 234 g/mol. The molecule has 0 aliphatic rings. The highest BCUT2D eigenvalue weighted by Gasteiger charge is 2.27. The Kier molecular flexibility index (Phi) is 6.48. The van der Waals surface area contributed by atoms with Crippen molar-refractivity contribution in [1.82, 2.24) is 4.90 Å². The molecule has 0 N–H and O–H groups in total. The van der Waals surface area contributed by atoms with Gasteiger partial charge in [0.1, 0.15) is 6.61 Å². The Morgan fingerprint density at radius 3 is 2.43 bits per heavy atom. The second-order valence-corrected chi connectivity index (χ2v) is 3.96. The molecule has 0 fully saturated rings. The molecule has 0 aliphatic heterocycles. The number of rotatable bonds is 6. The maximum atomic E-state index is 11.6. The van der Waals surface area contributed by atoms with Crippen molar-refractivity contribution in [2.24, 2.45) is 0 Å². The third-order valence-corrected chi connectivity index (χ3v) is 1.58. The minimum absolute atomic E-state index is 0.0115. The van der Waals surface area contributed by atoms with E-state index in [4.69, 9.17) is 11.6 Å². The lowest BCUT2D eigenvalue weighted by molar-refractivity contribution is -0.174. The van der Waals surface area contributed by atoms with Gasteiger partial charge in [-0.25, -0.2) is 0 Å². The molecule has 0 heterocycles. The summed E-state index contributed by atoms with van der Waals surface area (Å²) in [5.41, 5.74) is 0. The van der Waals surface area contributed by atoms with E-state index in [2.05, 4.69) is 4.74 Å². The zero-order chi connectivity index (χ0) is 11.2. The first kappa shape index (κ1) is 14.0. The molecule has 0 aromatic heterocycles. The Balaban J connectivity index is 3.36. The zero-order valence-electron chi connectivity index (χ0n) is 8.27. The zero-order valence-corrected chi connectivity index (χ0v) is 9.03. The summed E-state index contributed by atoms with van der Waals surface area (Å²) < 4.78 is 39.3. The van der Waals surface area contributed by atoms with Gasteiger partial charge in [-0.15, -0.1) is 11.6 Å². The highest BCUT2D eigenvalue weighted by Crippen LogP contribution is 2.14. The van der Waals surface area contributed by atoms with Crippen LogP contribution in [0.4, 0.5) is 13.2 Å². The molecular formula is C8H15ClF3NO. The van der Waals surface area contributed by atoms with Crippen molar-refractivity contribution < 1.29 is 17.9 Å². The van der Waals surface area contributed by atoms with Gasteiger partial charge in [0, 0.05) is 18.5 Å². The molecular weight excluding hydrogens is 219 g/mol. The number of hydrogen-bond donors (Lipinski definition) is 0. The molecule has 0 saturated carbocycles. The molecule has 1 unspecified atom stereocenters. The van der Waals surface area contributed by atoms with E-state index >= 15 is 0 Å². The Morgan fingerprint density at radius 2 is 2.00 bits per heavy atom. The topological polar surface area (TPSA) is 12.5 Å². The van der Waals surface area contributed by atoms with Crippen LogP contribution in [0.1, 0.15) is 6.92 Å². The Bertz CT molecular complexity index is 152. The molecule has 0 aliphatic carbocycles. The summed E-state index contributed by atoms with van der Waals surface area (Å²) in [4.78, 5) is 1.83. The van der Waals surface area contributed by atoms with E-state index in [1.807, 2.05) is 11.8 Å². The average Bonchev–Trinajstić information content (AvgIpc) is 1.95. The van der Waals surface area contributed by atoms with Crippen molar-refractivity contribution in [1.29, 1.82) is 0 Å². The molecule has 0 radical (unpaired) electrons. The van der Waals surface area contributed by atoms with Crippen molar-refractivity contribution in [2.45, 2.75) is 18.5 Å². The van der Waals surface area contributed by atoms with E-state index in [1.165, 1.54) is 0 Å². The van der Waals surface area contributed by atoms with Crippen molar-refractivity contribution in [3.8, 4) is 0 Å². The molecule has 1 atom stereocenters. The van der Waals surface area contributed by atoms with Crippen LogP contribution in [0.5, 0.6) is 0 Å². The van der Waals surface area contributed by atoms with Crippen LogP contribution in [0.15, 0.2) is 0 Å². The van der Waals surface area contributed by atoms with Gasteiger partial charge in [0.25, 0.3) is 0 Å². The Labute approximate surface area is 87.0 Å². The van der Waals surface area contributed by atoms with Gasteiger partial charge >= 0.3 is 6.18 Å². The van der Waals surface area contributed by atoms with Crippen LogP contribution in [-0.4, -0.2) is 49.8 Å². The first-order chi connectivity index (χ1) is 6.31. The molecule has 0 rings (SSSR count). The van der Waals surface area contributed by atoms with Gasteiger partial charge in [-0.05, 0) is 14.0 Å². The van der Waals surface area contributed by atoms with Crippen LogP contribution < -0.4 is 0 Å². The predicted octanol–water partition coefficient (Wildman–Crippen LogP) is 2.12. The number of hydrogen-bond acceptors (Lipinski definition) is 2. The molecule has 14 heavy (non-hydrogen) atoms. The maximum absolute atomic E-state index is 11.6. The van der Waals surface area contributed by atoms with Crippen molar-refractivity contribution in [3.63, 3.8) is 0 Å². The monoisotopic (exact) mass is 233 g/mol. The summed E-state index contributed by atoms with van der Waals surface area (Å²) in [6, 6.07) is 0. The molecule has 0 spiro atoms. The fourth-order valence-corrected chi connectivity index (χ4v) is 1.16. The van der Waals surface area contributed by atoms with E-state index in [0.717, 1.165) is 0 Å². The minimum Gasteiger partial charge on any atom is -0.371 e. The largest absolute Gasteiger partial charge is 0.411 e. The van der Waals surface area contributed by atoms with Crippen molar-refractivity contribution in [2.75, 3.05) is 33.4 Å². The van der Waals surface area contributed by atoms with Gasteiger partial charge in [0.2, 0.25) is 0 Å². The smallest absolute Gasteiger partial charge is 0.371 e. The second kappa shape index (κ2) is 6.48. The van der Waals surface area contributed by atoms with Gasteiger partial charge in [-0.1, -0.05) is 0 Å². The highest BCUT2D eigenvalue weighted by molar-refractivity contribution is 6.20. The lowest BCUT2D eigenvalue weighted by Crippen LogP contribution is -2.29. The quantitative estimate of drug-likeness (QED) is 0.515. The maximum Gasteiger partial charge on any atom is 0.411 e. The first-order valence-corrected chi connectivity index (χ1v) is 4.72. The van der Waals surface area contributed by atoms with Gasteiger partial charge in [0.15, 0.2) is 0 Å². The number of alkyl halides is 4. The molecule has 0 saturated heterocycles. The Hall–Kier alpha value is -0.0000000000000000555. The fourth-order valence-electron chi connectivity index (χ4n) is 0.929. The van der Waals surface area contributed by atoms with Crippen LogP contribution in [0, 0.1) is 0 Å². The number of nitrogens with zero attached hydrogens (tertiary/aromatic N) is 1. The predicted molar refractivity (Wildman–Crippen MR) is 49.7 cm³/mol. The molecule has 0 bridgehead atoms. The summed E-state index contributed by atoms with van der Waals surface area (Å²) in [5, 5.41) is -0.0115. The van der Waals surface area contributed by atoms with Crippen LogP contribution in [0.25, 0.3) is 0 Å². The molecule has 2 nitrogen and oxygen atoms in total. The van der Waals surface area contributed by atoms with Gasteiger partial charge in [-0.3, -0.25) is 0 Å². The van der Waals surface area contributed by atoms with Crippen LogP contribution >= 0.6 is 11.6 Å². The SMILES string of the molecule is CC(Cl)CN(C)CCOCC(F)(F)F. The summed E-state index contributed by atoms with van der Waals surface area (Å²) in [6.45, 7) is 1.80. The molecule has 0 amide bonds. The van der Waals surface area contributed by atoms with E-state index in [9.17, 15) is 13.2 Å². The fraction of sp³-hybridized carbons (Fsp3) is 1.00. The van der Waals surface area contributed by atoms with E-state index in [1.54, 1.807) is 7.05 Å². The van der Waals surface area contributed by atoms with Crippen LogP contribution in [-0.2, 0) is 4.74 Å². The summed E-state index contributed by atoms with van der Waals surface area (Å²) in [5.74, 6) is 0. The number of likely N-dealkylation sites (N-methyl/N-ethyl adjacent to an activating group) is 1. The van der Waals surface area contributed by atoms with E-state index in [-0.39, 0.29) is 12.0 Å². The van der Waals surface area contributed by atoms with Crippen molar-refractivity contribution >= 4 is 11.6 Å². The summed E-state index contributed by atoms with van der Waals surface area (Å²) in [7, 11) is 1.79. The van der Waals surface area contributed by atoms with E-state index in [0.29, 0.717) is 13.1 Å². The summed E-state index contributed by atoms with van der Waals surface area (Å²) >= 11 is 5.70. The molecule has 6 heteroatoms. The van der Waals surface area contributed by atoms with E-state index < -0.39 is 12.8 Å². The number of ether oxygens (including phenoxy) is 1. The molecule has 86 valence electrons. The number of halogens is 4. The Morgan fingerprint density at radius 1 is 1.43 bits per heavy atom. The molecule has 0 aromatic carbocycles. The van der Waals surface area contributed by atoms with Gasteiger partial charge < -0.3 is 9.64 Å². The third-order valence-electron chi connectivity index (χ3n) is 1.45. The first-order valence-electron chi connectivity index (χ1n) is 4.28. The standard InChI is InChI=1S/C8H15ClF3NO/c1-7(9)5-13(2)3-4-14-6-8(10,11)12/h7H,3-6H2,1-2H3. The van der Waals surface area contributed by atoms with Crippen LogP contribution in [0.2, 0.25) is 0 Å². The third kappa shape index (κ3) is 10.1. The summed E-state index contributed by atoms with van der Waals surface area (Å²) in [6.07, 6.45) is -4.24. The van der Waals surface area contributed by atoms with Gasteiger partial charge in [0.05, 0.1) is 6.61 Å². The van der Waals surface area contributed by atoms with Crippen LogP contribution in [0.3, 0.4) is 0 Å². The lowest BCUT2D eigenvalue weighted by Gasteiger charge is -2.17. The van der Waals surface area contributed by atoms with Gasteiger partial charge in [-0.2, -0.15) is 13.2 Å². The lowest BCUT2D eigenvalue weighted by atomic mass is 10.4. The minimum atomic E-state index is -4.24. The normalized spacial score (nSPS) is 14.8.